The number of hydrogen-bond donors (Lipinski definition) is 4. The molecule has 1 aromatic rings. The number of nitrogens with zero attached hydrogens (tertiary/aromatic N) is 1. The molecule has 1 aromatic carbocycles. The molecule has 0 bridgehead atoms. The molecule has 0 spiro atoms. The molecule has 1 fully saturated rings. The summed E-state index contributed by atoms with van der Waals surface area (Å²) in [5.74, 6) is -1.17. The number of carbonyl (C=O) groups excluding carboxylic acids is 4. The van der Waals surface area contributed by atoms with Crippen LogP contribution in [0.2, 0.25) is 0 Å². The summed E-state index contributed by atoms with van der Waals surface area (Å²) >= 11 is 0. The molecule has 9 heteroatoms. The smallest absolute Gasteiger partial charge is 0.326 e. The van der Waals surface area contributed by atoms with Crippen LogP contribution in [0.4, 0.5) is 4.79 Å². The monoisotopic (exact) mass is 499 g/mol. The van der Waals surface area contributed by atoms with Gasteiger partial charge in [-0.15, -0.1) is 0 Å². The molecule has 9 nitrogen and oxygen atoms in total. The number of nitrogens with one attached hydrogen (secondary N) is 4. The number of benzene rings is 1. The highest BCUT2D eigenvalue weighted by molar-refractivity contribution is 6.11. The molecule has 0 saturated carbocycles. The fraction of sp³-hybridized carbons (Fsp3) is 0.556. The maximum atomic E-state index is 13.8. The van der Waals surface area contributed by atoms with E-state index in [1.165, 1.54) is 4.90 Å². The second kappa shape index (κ2) is 11.2. The van der Waals surface area contributed by atoms with E-state index in [0.29, 0.717) is 0 Å². The Morgan fingerprint density at radius 3 is 2.00 bits per heavy atom. The molecule has 1 saturated heterocycles. The van der Waals surface area contributed by atoms with Gasteiger partial charge >= 0.3 is 6.03 Å². The Bertz CT molecular complexity index is 1010. The van der Waals surface area contributed by atoms with Crippen LogP contribution in [0.15, 0.2) is 42.1 Å². The average molecular weight is 500 g/mol. The Morgan fingerprint density at radius 2 is 1.56 bits per heavy atom. The number of imide groups is 1. The lowest BCUT2D eigenvalue weighted by molar-refractivity contribution is -0.140. The SMILES string of the molecule is CN[C@H](C(=O)N[C@H](C(=O)N(C)[C@H](/C=C1/NC(=O)NC1=O)C(C)C)C(C)(C)C)C(C)(C)c1ccccc1. The van der Waals surface area contributed by atoms with Crippen LogP contribution in [0.1, 0.15) is 54.0 Å². The van der Waals surface area contributed by atoms with Gasteiger partial charge in [0.2, 0.25) is 11.8 Å². The van der Waals surface area contributed by atoms with E-state index in [-0.39, 0.29) is 23.4 Å². The van der Waals surface area contributed by atoms with Gasteiger partial charge in [-0.05, 0) is 30.0 Å². The molecule has 198 valence electrons. The Labute approximate surface area is 214 Å². The first-order chi connectivity index (χ1) is 16.6. The van der Waals surface area contributed by atoms with E-state index in [1.54, 1.807) is 20.2 Å². The summed E-state index contributed by atoms with van der Waals surface area (Å²) in [5, 5.41) is 10.8. The van der Waals surface area contributed by atoms with Crippen LogP contribution in [-0.4, -0.2) is 60.9 Å². The van der Waals surface area contributed by atoms with Crippen molar-refractivity contribution in [2.24, 2.45) is 11.3 Å². The van der Waals surface area contributed by atoms with Gasteiger partial charge < -0.3 is 20.9 Å². The van der Waals surface area contributed by atoms with Crippen LogP contribution in [0.5, 0.6) is 0 Å². The molecule has 0 aromatic heterocycles. The lowest BCUT2D eigenvalue weighted by Gasteiger charge is -2.39. The van der Waals surface area contributed by atoms with Crippen molar-refractivity contribution in [2.45, 2.75) is 72.0 Å². The first kappa shape index (κ1) is 29.0. The second-order valence-electron chi connectivity index (χ2n) is 11.3. The van der Waals surface area contributed by atoms with Crippen molar-refractivity contribution in [3.8, 4) is 0 Å². The minimum atomic E-state index is -0.830. The third-order valence-electron chi connectivity index (χ3n) is 6.73. The van der Waals surface area contributed by atoms with Crippen molar-refractivity contribution >= 4 is 23.8 Å². The minimum Gasteiger partial charge on any atom is -0.342 e. The van der Waals surface area contributed by atoms with E-state index >= 15 is 0 Å². The summed E-state index contributed by atoms with van der Waals surface area (Å²) in [6, 6.07) is 7.26. The second-order valence-corrected chi connectivity index (χ2v) is 11.3. The van der Waals surface area contributed by atoms with Crippen molar-refractivity contribution in [3.63, 3.8) is 0 Å². The third-order valence-corrected chi connectivity index (χ3v) is 6.73. The van der Waals surface area contributed by atoms with Crippen LogP contribution in [0.25, 0.3) is 0 Å². The predicted molar refractivity (Wildman–Crippen MR) is 140 cm³/mol. The number of hydrogen-bond acceptors (Lipinski definition) is 5. The van der Waals surface area contributed by atoms with Crippen molar-refractivity contribution in [3.05, 3.63) is 47.7 Å². The zero-order chi connectivity index (χ0) is 27.4. The zero-order valence-corrected chi connectivity index (χ0v) is 22.9. The topological polar surface area (TPSA) is 120 Å². The summed E-state index contributed by atoms with van der Waals surface area (Å²) in [6.07, 6.45) is 1.58. The number of urea groups is 1. The molecular formula is C27H41N5O4. The highest BCUT2D eigenvalue weighted by atomic mass is 16.2. The molecule has 36 heavy (non-hydrogen) atoms. The summed E-state index contributed by atoms with van der Waals surface area (Å²) < 4.78 is 0. The molecule has 2 rings (SSSR count). The fourth-order valence-corrected chi connectivity index (χ4v) is 4.50. The van der Waals surface area contributed by atoms with Gasteiger partial charge in [0.25, 0.3) is 5.91 Å². The van der Waals surface area contributed by atoms with Crippen LogP contribution in [0, 0.1) is 11.3 Å². The Kier molecular flexibility index (Phi) is 9.07. The lowest BCUT2D eigenvalue weighted by Crippen LogP contribution is -2.61. The number of amides is 5. The van der Waals surface area contributed by atoms with Gasteiger partial charge in [-0.2, -0.15) is 0 Å². The number of likely N-dealkylation sites (N-methyl/N-ethyl adjacent to an activating group) is 2. The summed E-state index contributed by atoms with van der Waals surface area (Å²) in [7, 11) is 3.38. The van der Waals surface area contributed by atoms with Crippen molar-refractivity contribution in [1.29, 1.82) is 0 Å². The molecule has 0 radical (unpaired) electrons. The van der Waals surface area contributed by atoms with Gasteiger partial charge in [-0.1, -0.05) is 78.8 Å². The number of rotatable bonds is 9. The quantitative estimate of drug-likeness (QED) is 0.307. The predicted octanol–water partition coefficient (Wildman–Crippen LogP) is 2.29. The third kappa shape index (κ3) is 6.51. The highest BCUT2D eigenvalue weighted by Crippen LogP contribution is 2.29. The molecule has 0 unspecified atom stereocenters. The summed E-state index contributed by atoms with van der Waals surface area (Å²) in [5.41, 5.74) is -0.0339. The number of carbonyl (C=O) groups is 4. The van der Waals surface area contributed by atoms with Crippen LogP contribution in [0.3, 0.4) is 0 Å². The Hall–Kier alpha value is -3.20. The molecule has 5 amide bonds. The van der Waals surface area contributed by atoms with Gasteiger partial charge in [0.1, 0.15) is 11.7 Å². The lowest BCUT2D eigenvalue weighted by atomic mass is 9.76. The fourth-order valence-electron chi connectivity index (χ4n) is 4.50. The normalized spacial score (nSPS) is 17.9. The van der Waals surface area contributed by atoms with Crippen LogP contribution >= 0.6 is 0 Å². The van der Waals surface area contributed by atoms with E-state index < -0.39 is 40.9 Å². The molecule has 1 aliphatic rings. The molecular weight excluding hydrogens is 458 g/mol. The maximum Gasteiger partial charge on any atom is 0.326 e. The first-order valence-corrected chi connectivity index (χ1v) is 12.2. The van der Waals surface area contributed by atoms with Gasteiger partial charge in [-0.3, -0.25) is 19.7 Å². The molecule has 1 heterocycles. The largest absolute Gasteiger partial charge is 0.342 e. The van der Waals surface area contributed by atoms with Gasteiger partial charge in [0.15, 0.2) is 0 Å². The van der Waals surface area contributed by atoms with Crippen molar-refractivity contribution in [2.75, 3.05) is 14.1 Å². The first-order valence-electron chi connectivity index (χ1n) is 12.2. The van der Waals surface area contributed by atoms with Gasteiger partial charge in [-0.25, -0.2) is 4.79 Å². The zero-order valence-electron chi connectivity index (χ0n) is 22.9. The van der Waals surface area contributed by atoms with Gasteiger partial charge in [0.05, 0.1) is 12.1 Å². The Balaban J connectivity index is 2.34. The molecule has 4 N–H and O–H groups in total. The average Bonchev–Trinajstić information content (AvgIpc) is 3.11. The maximum absolute atomic E-state index is 13.8. The molecule has 3 atom stereocenters. The van der Waals surface area contributed by atoms with Crippen LogP contribution < -0.4 is 21.3 Å². The van der Waals surface area contributed by atoms with E-state index in [4.69, 9.17) is 0 Å². The summed E-state index contributed by atoms with van der Waals surface area (Å²) in [6.45, 7) is 13.5. The molecule has 0 aliphatic carbocycles. The van der Waals surface area contributed by atoms with E-state index in [2.05, 4.69) is 21.3 Å². The van der Waals surface area contributed by atoms with Gasteiger partial charge in [0, 0.05) is 12.5 Å². The standard InChI is InChI=1S/C27H41N5O4/c1-16(2)19(15-18-22(33)31-25(36)29-18)32(9)24(35)21(26(3,4)5)30-23(34)20(28-8)27(6,7)17-13-11-10-12-14-17/h10-16,19-21,28H,1-9H3,(H,30,34)(H2,29,31,33,36)/b18-15+/t19-,20-,21-/m1/s1. The summed E-state index contributed by atoms with van der Waals surface area (Å²) in [4.78, 5) is 52.5. The van der Waals surface area contributed by atoms with Crippen molar-refractivity contribution < 1.29 is 19.2 Å². The van der Waals surface area contributed by atoms with E-state index in [9.17, 15) is 19.2 Å². The minimum absolute atomic E-state index is 0.0601. The van der Waals surface area contributed by atoms with Crippen molar-refractivity contribution in [1.82, 2.24) is 26.2 Å². The molecule has 1 aliphatic heterocycles. The van der Waals surface area contributed by atoms with E-state index in [0.717, 1.165) is 5.56 Å². The highest BCUT2D eigenvalue weighted by Gasteiger charge is 2.41. The van der Waals surface area contributed by atoms with Crippen LogP contribution in [-0.2, 0) is 19.8 Å². The van der Waals surface area contributed by atoms with E-state index in [1.807, 2.05) is 78.8 Å². The Morgan fingerprint density at radius 1 is 0.972 bits per heavy atom.